The van der Waals surface area contributed by atoms with E-state index in [1.54, 1.807) is 13.2 Å². The van der Waals surface area contributed by atoms with Gasteiger partial charge in [0.1, 0.15) is 11.1 Å². The quantitative estimate of drug-likeness (QED) is 0.876. The smallest absolute Gasteiger partial charge is 0.229 e. The third-order valence-corrected chi connectivity index (χ3v) is 3.26. The predicted octanol–water partition coefficient (Wildman–Crippen LogP) is 1.94. The summed E-state index contributed by atoms with van der Waals surface area (Å²) in [6.07, 6.45) is 2.31. The Kier molecular flexibility index (Phi) is 2.66. The van der Waals surface area contributed by atoms with Crippen molar-refractivity contribution in [2.45, 2.75) is 12.8 Å². The summed E-state index contributed by atoms with van der Waals surface area (Å²) in [6, 6.07) is 5.52. The van der Waals surface area contributed by atoms with E-state index >= 15 is 0 Å². The molecule has 2 heterocycles. The fourth-order valence-electron chi connectivity index (χ4n) is 2.35. The SMILES string of the molecule is COc1cccc2nc(N3CCCC3)nc(O)c12. The molecule has 0 radical (unpaired) electrons. The molecule has 1 aliphatic rings. The van der Waals surface area contributed by atoms with Crippen molar-refractivity contribution in [2.24, 2.45) is 0 Å². The monoisotopic (exact) mass is 245 g/mol. The minimum atomic E-state index is -0.0145. The Hall–Kier alpha value is -2.04. The second-order valence-corrected chi connectivity index (χ2v) is 4.40. The van der Waals surface area contributed by atoms with E-state index in [9.17, 15) is 5.11 Å². The molecule has 0 amide bonds. The summed E-state index contributed by atoms with van der Waals surface area (Å²) in [5, 5.41) is 10.6. The highest BCUT2D eigenvalue weighted by Gasteiger charge is 2.18. The van der Waals surface area contributed by atoms with Crippen LogP contribution in [0, 0.1) is 0 Å². The maximum absolute atomic E-state index is 10.1. The molecule has 0 atom stereocenters. The highest BCUT2D eigenvalue weighted by Crippen LogP contribution is 2.32. The maximum Gasteiger partial charge on any atom is 0.229 e. The van der Waals surface area contributed by atoms with E-state index < -0.39 is 0 Å². The molecule has 5 heteroatoms. The number of benzene rings is 1. The van der Waals surface area contributed by atoms with Gasteiger partial charge in [-0.3, -0.25) is 0 Å². The van der Waals surface area contributed by atoms with Crippen molar-refractivity contribution in [2.75, 3.05) is 25.1 Å². The summed E-state index contributed by atoms with van der Waals surface area (Å²) in [5.41, 5.74) is 0.712. The number of anilines is 1. The van der Waals surface area contributed by atoms with Crippen LogP contribution in [0.3, 0.4) is 0 Å². The molecule has 5 nitrogen and oxygen atoms in total. The Morgan fingerprint density at radius 1 is 1.22 bits per heavy atom. The summed E-state index contributed by atoms with van der Waals surface area (Å²) < 4.78 is 5.22. The van der Waals surface area contributed by atoms with Gasteiger partial charge in [-0.1, -0.05) is 6.07 Å². The van der Waals surface area contributed by atoms with Crippen molar-refractivity contribution in [1.29, 1.82) is 0 Å². The second-order valence-electron chi connectivity index (χ2n) is 4.40. The van der Waals surface area contributed by atoms with E-state index in [4.69, 9.17) is 4.74 Å². The number of methoxy groups -OCH3 is 1. The zero-order valence-corrected chi connectivity index (χ0v) is 10.3. The lowest BCUT2D eigenvalue weighted by molar-refractivity contribution is 0.413. The van der Waals surface area contributed by atoms with E-state index in [1.807, 2.05) is 12.1 Å². The average Bonchev–Trinajstić information content (AvgIpc) is 2.91. The Balaban J connectivity index is 2.15. The van der Waals surface area contributed by atoms with Gasteiger partial charge in [-0.2, -0.15) is 4.98 Å². The summed E-state index contributed by atoms with van der Waals surface area (Å²) in [4.78, 5) is 10.8. The van der Waals surface area contributed by atoms with Crippen LogP contribution < -0.4 is 9.64 Å². The first kappa shape index (κ1) is 11.1. The van der Waals surface area contributed by atoms with E-state index in [0.717, 1.165) is 25.9 Å². The van der Waals surface area contributed by atoms with Crippen molar-refractivity contribution >= 4 is 16.9 Å². The molecule has 18 heavy (non-hydrogen) atoms. The minimum absolute atomic E-state index is 0.0145. The molecule has 0 spiro atoms. The number of ether oxygens (including phenoxy) is 1. The van der Waals surface area contributed by atoms with Gasteiger partial charge in [0.25, 0.3) is 0 Å². The van der Waals surface area contributed by atoms with Crippen LogP contribution >= 0.6 is 0 Å². The first-order valence-electron chi connectivity index (χ1n) is 6.08. The summed E-state index contributed by atoms with van der Waals surface area (Å²) >= 11 is 0. The molecule has 0 unspecified atom stereocenters. The van der Waals surface area contributed by atoms with E-state index in [0.29, 0.717) is 22.6 Å². The minimum Gasteiger partial charge on any atom is -0.496 e. The highest BCUT2D eigenvalue weighted by molar-refractivity contribution is 5.90. The topological polar surface area (TPSA) is 58.5 Å². The lowest BCUT2D eigenvalue weighted by atomic mass is 10.2. The van der Waals surface area contributed by atoms with Crippen LogP contribution in [-0.4, -0.2) is 35.3 Å². The van der Waals surface area contributed by atoms with Crippen LogP contribution in [0.2, 0.25) is 0 Å². The van der Waals surface area contributed by atoms with Crippen molar-refractivity contribution in [3.63, 3.8) is 0 Å². The highest BCUT2D eigenvalue weighted by atomic mass is 16.5. The third-order valence-electron chi connectivity index (χ3n) is 3.26. The summed E-state index contributed by atoms with van der Waals surface area (Å²) in [7, 11) is 1.57. The standard InChI is InChI=1S/C13H15N3O2/c1-18-10-6-4-5-9-11(10)12(17)15-13(14-9)16-7-2-3-8-16/h4-6H,2-3,7-8H2,1H3,(H,14,15,17). The van der Waals surface area contributed by atoms with Crippen LogP contribution in [0.15, 0.2) is 18.2 Å². The molecule has 0 aliphatic carbocycles. The molecule has 1 saturated heterocycles. The number of nitrogens with zero attached hydrogens (tertiary/aromatic N) is 3. The van der Waals surface area contributed by atoms with Gasteiger partial charge >= 0.3 is 0 Å². The number of rotatable bonds is 2. The van der Waals surface area contributed by atoms with Gasteiger partial charge in [-0.25, -0.2) is 4.98 Å². The van der Waals surface area contributed by atoms with E-state index in [1.165, 1.54) is 0 Å². The Morgan fingerprint density at radius 3 is 2.72 bits per heavy atom. The normalized spacial score (nSPS) is 15.3. The third kappa shape index (κ3) is 1.72. The molecule has 3 rings (SSSR count). The fraction of sp³-hybridized carbons (Fsp3) is 0.385. The fourth-order valence-corrected chi connectivity index (χ4v) is 2.35. The number of fused-ring (bicyclic) bond motifs is 1. The molecule has 94 valence electrons. The summed E-state index contributed by atoms with van der Waals surface area (Å²) in [5.74, 6) is 1.18. The molecular weight excluding hydrogens is 230 g/mol. The van der Waals surface area contributed by atoms with Crippen LogP contribution in [0.25, 0.3) is 10.9 Å². The summed E-state index contributed by atoms with van der Waals surface area (Å²) in [6.45, 7) is 1.91. The van der Waals surface area contributed by atoms with E-state index in [-0.39, 0.29) is 5.88 Å². The zero-order chi connectivity index (χ0) is 12.5. The lowest BCUT2D eigenvalue weighted by Crippen LogP contribution is -2.20. The first-order chi connectivity index (χ1) is 8.79. The number of aromatic nitrogens is 2. The van der Waals surface area contributed by atoms with Crippen molar-refractivity contribution in [1.82, 2.24) is 9.97 Å². The lowest BCUT2D eigenvalue weighted by Gasteiger charge is -2.16. The van der Waals surface area contributed by atoms with Crippen molar-refractivity contribution in [3.8, 4) is 11.6 Å². The molecule has 1 aliphatic heterocycles. The Bertz CT molecular complexity index is 580. The first-order valence-corrected chi connectivity index (χ1v) is 6.08. The van der Waals surface area contributed by atoms with Crippen molar-refractivity contribution < 1.29 is 9.84 Å². The van der Waals surface area contributed by atoms with Gasteiger partial charge in [-0.15, -0.1) is 0 Å². The molecule has 1 aromatic heterocycles. The molecule has 1 fully saturated rings. The van der Waals surface area contributed by atoms with Crippen LogP contribution in [0.5, 0.6) is 11.6 Å². The average molecular weight is 245 g/mol. The van der Waals surface area contributed by atoms with Crippen LogP contribution in [-0.2, 0) is 0 Å². The number of hydrogen-bond acceptors (Lipinski definition) is 5. The molecule has 1 N–H and O–H groups in total. The maximum atomic E-state index is 10.1. The molecule has 2 aromatic rings. The number of hydrogen-bond donors (Lipinski definition) is 1. The molecule has 0 bridgehead atoms. The van der Waals surface area contributed by atoms with Gasteiger partial charge in [0, 0.05) is 13.1 Å². The Labute approximate surface area is 105 Å². The molecule has 0 saturated carbocycles. The van der Waals surface area contributed by atoms with Crippen LogP contribution in [0.4, 0.5) is 5.95 Å². The van der Waals surface area contributed by atoms with Gasteiger partial charge in [0.15, 0.2) is 0 Å². The van der Waals surface area contributed by atoms with Gasteiger partial charge in [-0.05, 0) is 25.0 Å². The Morgan fingerprint density at radius 2 is 2.00 bits per heavy atom. The predicted molar refractivity (Wildman–Crippen MR) is 69.2 cm³/mol. The largest absolute Gasteiger partial charge is 0.496 e. The van der Waals surface area contributed by atoms with Crippen molar-refractivity contribution in [3.05, 3.63) is 18.2 Å². The molecule has 1 aromatic carbocycles. The van der Waals surface area contributed by atoms with E-state index in [2.05, 4.69) is 14.9 Å². The number of aromatic hydroxyl groups is 1. The van der Waals surface area contributed by atoms with Gasteiger partial charge < -0.3 is 14.7 Å². The van der Waals surface area contributed by atoms with Gasteiger partial charge in [0.05, 0.1) is 12.6 Å². The second kappa shape index (κ2) is 4.33. The van der Waals surface area contributed by atoms with Crippen LogP contribution in [0.1, 0.15) is 12.8 Å². The molecular formula is C13H15N3O2. The zero-order valence-electron chi connectivity index (χ0n) is 10.3. The van der Waals surface area contributed by atoms with Gasteiger partial charge in [0.2, 0.25) is 11.8 Å².